The second-order valence-electron chi connectivity index (χ2n) is 4.96. The van der Waals surface area contributed by atoms with E-state index in [0.29, 0.717) is 23.2 Å². The Balaban J connectivity index is 2.36. The van der Waals surface area contributed by atoms with Gasteiger partial charge >= 0.3 is 0 Å². The van der Waals surface area contributed by atoms with Crippen LogP contribution in [0.15, 0.2) is 12.1 Å². The van der Waals surface area contributed by atoms with E-state index in [0.717, 1.165) is 18.4 Å². The number of methoxy groups -OCH3 is 3. The summed E-state index contributed by atoms with van der Waals surface area (Å²) in [6.45, 7) is 0. The summed E-state index contributed by atoms with van der Waals surface area (Å²) in [4.78, 5) is 0. The molecule has 1 atom stereocenters. The third kappa shape index (κ3) is 2.62. The molecular formula is C14H22N2O3. The van der Waals surface area contributed by atoms with Crippen LogP contribution in [0.5, 0.6) is 17.2 Å². The molecule has 5 nitrogen and oxygen atoms in total. The largest absolute Gasteiger partial charge is 0.496 e. The molecule has 1 aromatic carbocycles. The smallest absolute Gasteiger partial charge is 0.131 e. The number of ether oxygens (including phenoxy) is 3. The number of rotatable bonds is 5. The summed E-state index contributed by atoms with van der Waals surface area (Å²) in [6.07, 6.45) is 1.89. The maximum atomic E-state index is 6.35. The van der Waals surface area contributed by atoms with Crippen LogP contribution in [0, 0.1) is 5.92 Å². The first-order valence-corrected chi connectivity index (χ1v) is 6.41. The molecule has 0 aliphatic heterocycles. The van der Waals surface area contributed by atoms with Crippen LogP contribution in [0.1, 0.15) is 24.4 Å². The highest BCUT2D eigenvalue weighted by Crippen LogP contribution is 2.44. The van der Waals surface area contributed by atoms with Crippen molar-refractivity contribution in [2.24, 2.45) is 17.4 Å². The summed E-state index contributed by atoms with van der Waals surface area (Å²) in [5.74, 6) is 2.47. The fourth-order valence-corrected chi connectivity index (χ4v) is 2.60. The summed E-state index contributed by atoms with van der Waals surface area (Å²) in [5, 5.41) is 0. The molecule has 106 valence electrons. The molecular weight excluding hydrogens is 244 g/mol. The van der Waals surface area contributed by atoms with Crippen molar-refractivity contribution in [3.05, 3.63) is 17.7 Å². The standard InChI is InChI=1S/C14H22N2O3/c1-17-10-6-11(18-2)13(12(7-10)19-3)14(16)8-4-9(15)5-8/h6-9,14H,4-5,15-16H2,1-3H3. The molecule has 1 saturated carbocycles. The average molecular weight is 266 g/mol. The van der Waals surface area contributed by atoms with Crippen LogP contribution in [0.4, 0.5) is 0 Å². The number of nitrogens with two attached hydrogens (primary N) is 2. The van der Waals surface area contributed by atoms with Gasteiger partial charge in [0.15, 0.2) is 0 Å². The summed E-state index contributed by atoms with van der Waals surface area (Å²) in [7, 11) is 4.85. The zero-order valence-electron chi connectivity index (χ0n) is 11.7. The van der Waals surface area contributed by atoms with Crippen LogP contribution in [-0.4, -0.2) is 27.4 Å². The molecule has 0 radical (unpaired) electrons. The van der Waals surface area contributed by atoms with Crippen molar-refractivity contribution in [1.29, 1.82) is 0 Å². The third-order valence-electron chi connectivity index (χ3n) is 3.81. The Bertz CT molecular complexity index is 419. The van der Waals surface area contributed by atoms with Gasteiger partial charge in [0.1, 0.15) is 17.2 Å². The van der Waals surface area contributed by atoms with Gasteiger partial charge in [-0.3, -0.25) is 0 Å². The molecule has 1 unspecified atom stereocenters. The minimum atomic E-state index is -0.129. The highest BCUT2D eigenvalue weighted by atomic mass is 16.5. The average Bonchev–Trinajstić information content (AvgIpc) is 2.41. The van der Waals surface area contributed by atoms with Crippen molar-refractivity contribution in [2.45, 2.75) is 24.9 Å². The van der Waals surface area contributed by atoms with E-state index >= 15 is 0 Å². The van der Waals surface area contributed by atoms with E-state index in [1.807, 2.05) is 12.1 Å². The summed E-state index contributed by atoms with van der Waals surface area (Å²) >= 11 is 0. The molecule has 0 saturated heterocycles. The van der Waals surface area contributed by atoms with Crippen LogP contribution >= 0.6 is 0 Å². The predicted molar refractivity (Wildman–Crippen MR) is 73.7 cm³/mol. The van der Waals surface area contributed by atoms with Gasteiger partial charge in [-0.25, -0.2) is 0 Å². The SMILES string of the molecule is COc1cc(OC)c(C(N)C2CC(N)C2)c(OC)c1. The van der Waals surface area contributed by atoms with Crippen LogP contribution in [0.25, 0.3) is 0 Å². The van der Waals surface area contributed by atoms with E-state index in [4.69, 9.17) is 25.7 Å². The van der Waals surface area contributed by atoms with Gasteiger partial charge < -0.3 is 25.7 Å². The van der Waals surface area contributed by atoms with Crippen LogP contribution in [0.3, 0.4) is 0 Å². The minimum absolute atomic E-state index is 0.129. The topological polar surface area (TPSA) is 79.7 Å². The van der Waals surface area contributed by atoms with E-state index in [2.05, 4.69) is 0 Å². The molecule has 1 aliphatic carbocycles. The zero-order chi connectivity index (χ0) is 14.0. The van der Waals surface area contributed by atoms with E-state index in [-0.39, 0.29) is 12.1 Å². The van der Waals surface area contributed by atoms with E-state index in [1.165, 1.54) is 0 Å². The normalized spacial score (nSPS) is 23.4. The maximum Gasteiger partial charge on any atom is 0.131 e. The summed E-state index contributed by atoms with van der Waals surface area (Å²) in [6, 6.07) is 3.80. The van der Waals surface area contributed by atoms with E-state index < -0.39 is 0 Å². The van der Waals surface area contributed by atoms with Gasteiger partial charge in [0.25, 0.3) is 0 Å². The Kier molecular flexibility index (Phi) is 4.17. The summed E-state index contributed by atoms with van der Waals surface area (Å²) < 4.78 is 16.1. The number of hydrogen-bond donors (Lipinski definition) is 2. The quantitative estimate of drug-likeness (QED) is 0.843. The maximum absolute atomic E-state index is 6.35. The Morgan fingerprint density at radius 3 is 1.95 bits per heavy atom. The summed E-state index contributed by atoms with van der Waals surface area (Å²) in [5.41, 5.74) is 13.1. The molecule has 0 amide bonds. The van der Waals surface area contributed by atoms with Gasteiger partial charge in [-0.05, 0) is 18.8 Å². The van der Waals surface area contributed by atoms with Gasteiger partial charge in [-0.2, -0.15) is 0 Å². The van der Waals surface area contributed by atoms with Crippen molar-refractivity contribution in [3.8, 4) is 17.2 Å². The van der Waals surface area contributed by atoms with Crippen LogP contribution < -0.4 is 25.7 Å². The monoisotopic (exact) mass is 266 g/mol. The Labute approximate surface area is 113 Å². The molecule has 5 heteroatoms. The van der Waals surface area contributed by atoms with Crippen molar-refractivity contribution in [2.75, 3.05) is 21.3 Å². The lowest BCUT2D eigenvalue weighted by molar-refractivity contribution is 0.217. The van der Waals surface area contributed by atoms with Gasteiger partial charge in [0.05, 0.1) is 26.9 Å². The number of hydrogen-bond acceptors (Lipinski definition) is 5. The van der Waals surface area contributed by atoms with Crippen molar-refractivity contribution in [3.63, 3.8) is 0 Å². The van der Waals surface area contributed by atoms with Crippen LogP contribution in [0.2, 0.25) is 0 Å². The molecule has 0 bridgehead atoms. The molecule has 0 heterocycles. The zero-order valence-corrected chi connectivity index (χ0v) is 11.7. The fourth-order valence-electron chi connectivity index (χ4n) is 2.60. The second kappa shape index (κ2) is 5.67. The molecule has 1 fully saturated rings. The molecule has 0 spiro atoms. The highest BCUT2D eigenvalue weighted by Gasteiger charge is 2.34. The fraction of sp³-hybridized carbons (Fsp3) is 0.571. The van der Waals surface area contributed by atoms with Gasteiger partial charge in [-0.1, -0.05) is 0 Å². The first kappa shape index (κ1) is 14.0. The lowest BCUT2D eigenvalue weighted by Crippen LogP contribution is -2.41. The molecule has 19 heavy (non-hydrogen) atoms. The first-order chi connectivity index (χ1) is 9.10. The predicted octanol–water partition coefficient (Wildman–Crippen LogP) is 1.45. The first-order valence-electron chi connectivity index (χ1n) is 6.41. The van der Waals surface area contributed by atoms with Crippen LogP contribution in [-0.2, 0) is 0 Å². The second-order valence-corrected chi connectivity index (χ2v) is 4.96. The van der Waals surface area contributed by atoms with Crippen molar-refractivity contribution >= 4 is 0 Å². The molecule has 1 aliphatic rings. The molecule has 4 N–H and O–H groups in total. The minimum Gasteiger partial charge on any atom is -0.496 e. The van der Waals surface area contributed by atoms with Crippen molar-refractivity contribution in [1.82, 2.24) is 0 Å². The molecule has 2 rings (SSSR count). The number of benzene rings is 1. The Hall–Kier alpha value is -1.46. The third-order valence-corrected chi connectivity index (χ3v) is 3.81. The van der Waals surface area contributed by atoms with E-state index in [9.17, 15) is 0 Å². The van der Waals surface area contributed by atoms with E-state index in [1.54, 1.807) is 21.3 Å². The molecule has 1 aromatic rings. The lowest BCUT2D eigenvalue weighted by Gasteiger charge is -2.37. The van der Waals surface area contributed by atoms with Gasteiger partial charge in [-0.15, -0.1) is 0 Å². The van der Waals surface area contributed by atoms with Crippen molar-refractivity contribution < 1.29 is 14.2 Å². The molecule has 0 aromatic heterocycles. The lowest BCUT2D eigenvalue weighted by atomic mass is 9.74. The Morgan fingerprint density at radius 1 is 1.05 bits per heavy atom. The highest BCUT2D eigenvalue weighted by molar-refractivity contribution is 5.52. The van der Waals surface area contributed by atoms with Gasteiger partial charge in [0.2, 0.25) is 0 Å². The van der Waals surface area contributed by atoms with Gasteiger partial charge in [0, 0.05) is 24.2 Å². The Morgan fingerprint density at radius 2 is 1.58 bits per heavy atom.